The molecule has 0 bridgehead atoms. The van der Waals surface area contributed by atoms with Crippen molar-refractivity contribution in [2.75, 3.05) is 26.0 Å². The third-order valence-electron chi connectivity index (χ3n) is 2.98. The quantitative estimate of drug-likeness (QED) is 0.400. The van der Waals surface area contributed by atoms with Crippen molar-refractivity contribution in [3.8, 4) is 0 Å². The first-order valence-corrected chi connectivity index (χ1v) is 8.01. The van der Waals surface area contributed by atoms with Gasteiger partial charge in [-0.1, -0.05) is 12.1 Å². The fraction of sp³-hybridized carbons (Fsp3) is 0.500. The number of hydrogen-bond donors (Lipinski definition) is 2. The SMILES string of the molecule is CCc1cc(CNC(=NC)NCc2csc(N(C)C)n2)on1.I. The van der Waals surface area contributed by atoms with Gasteiger partial charge in [0, 0.05) is 32.6 Å². The smallest absolute Gasteiger partial charge is 0.191 e. The van der Waals surface area contributed by atoms with Gasteiger partial charge in [-0.3, -0.25) is 4.99 Å². The molecule has 0 aliphatic rings. The second-order valence-electron chi connectivity index (χ2n) is 4.93. The average Bonchev–Trinajstić information content (AvgIpc) is 3.16. The van der Waals surface area contributed by atoms with Crippen molar-refractivity contribution in [1.82, 2.24) is 20.8 Å². The van der Waals surface area contributed by atoms with E-state index in [-0.39, 0.29) is 24.0 Å². The molecule has 0 amide bonds. The molecule has 9 heteroatoms. The highest BCUT2D eigenvalue weighted by molar-refractivity contribution is 14.0. The Morgan fingerprint density at radius 2 is 2.04 bits per heavy atom. The molecule has 2 N–H and O–H groups in total. The second-order valence-corrected chi connectivity index (χ2v) is 5.77. The van der Waals surface area contributed by atoms with Crippen LogP contribution in [0.15, 0.2) is 21.0 Å². The molecule has 23 heavy (non-hydrogen) atoms. The first-order valence-electron chi connectivity index (χ1n) is 7.13. The first kappa shape index (κ1) is 19.7. The molecule has 0 aromatic carbocycles. The average molecular weight is 450 g/mol. The molecule has 0 aliphatic heterocycles. The van der Waals surface area contributed by atoms with Crippen molar-refractivity contribution in [2.45, 2.75) is 26.4 Å². The van der Waals surface area contributed by atoms with Crippen LogP contribution in [0.4, 0.5) is 5.13 Å². The molecule has 0 aliphatic carbocycles. The van der Waals surface area contributed by atoms with Gasteiger partial charge in [0.2, 0.25) is 0 Å². The van der Waals surface area contributed by atoms with Crippen LogP contribution in [0.5, 0.6) is 0 Å². The number of nitrogens with one attached hydrogen (secondary N) is 2. The van der Waals surface area contributed by atoms with Gasteiger partial charge in [0.15, 0.2) is 16.9 Å². The van der Waals surface area contributed by atoms with Crippen LogP contribution < -0.4 is 15.5 Å². The Kier molecular flexibility index (Phi) is 8.31. The molecule has 0 radical (unpaired) electrons. The van der Waals surface area contributed by atoms with Gasteiger partial charge in [-0.2, -0.15) is 0 Å². The van der Waals surface area contributed by atoms with E-state index in [9.17, 15) is 0 Å². The summed E-state index contributed by atoms with van der Waals surface area (Å²) in [6, 6.07) is 1.95. The number of thiazole rings is 1. The zero-order valence-electron chi connectivity index (χ0n) is 13.8. The maximum absolute atomic E-state index is 5.23. The van der Waals surface area contributed by atoms with Crippen molar-refractivity contribution < 1.29 is 4.52 Å². The van der Waals surface area contributed by atoms with E-state index in [0.29, 0.717) is 19.0 Å². The Morgan fingerprint density at radius 3 is 2.61 bits per heavy atom. The minimum atomic E-state index is 0. The van der Waals surface area contributed by atoms with E-state index in [0.717, 1.165) is 28.7 Å². The van der Waals surface area contributed by atoms with E-state index in [1.54, 1.807) is 18.4 Å². The van der Waals surface area contributed by atoms with E-state index in [1.807, 2.05) is 37.4 Å². The van der Waals surface area contributed by atoms with Gasteiger partial charge in [-0.05, 0) is 6.42 Å². The summed E-state index contributed by atoms with van der Waals surface area (Å²) in [5.41, 5.74) is 1.95. The predicted octanol–water partition coefficient (Wildman–Crippen LogP) is 2.24. The summed E-state index contributed by atoms with van der Waals surface area (Å²) in [6.45, 7) is 3.22. The highest BCUT2D eigenvalue weighted by atomic mass is 127. The van der Waals surface area contributed by atoms with Gasteiger partial charge in [0.25, 0.3) is 0 Å². The summed E-state index contributed by atoms with van der Waals surface area (Å²) >= 11 is 1.62. The van der Waals surface area contributed by atoms with Crippen LogP contribution in [0.3, 0.4) is 0 Å². The molecular weight excluding hydrogens is 427 g/mol. The zero-order chi connectivity index (χ0) is 15.9. The van der Waals surface area contributed by atoms with Crippen LogP contribution in [-0.2, 0) is 19.5 Å². The number of nitrogens with zero attached hydrogens (tertiary/aromatic N) is 4. The van der Waals surface area contributed by atoms with Gasteiger partial charge in [0.05, 0.1) is 24.5 Å². The molecule has 0 saturated carbocycles. The highest BCUT2D eigenvalue weighted by Gasteiger charge is 2.06. The van der Waals surface area contributed by atoms with Gasteiger partial charge in [0.1, 0.15) is 0 Å². The van der Waals surface area contributed by atoms with Crippen molar-refractivity contribution in [1.29, 1.82) is 0 Å². The molecule has 128 valence electrons. The Hall–Kier alpha value is -1.36. The number of halogens is 1. The summed E-state index contributed by atoms with van der Waals surface area (Å²) in [7, 11) is 5.70. The molecule has 2 aromatic rings. The van der Waals surface area contributed by atoms with Gasteiger partial charge in [-0.15, -0.1) is 35.3 Å². The predicted molar refractivity (Wildman–Crippen MR) is 105 cm³/mol. The lowest BCUT2D eigenvalue weighted by atomic mass is 10.3. The summed E-state index contributed by atoms with van der Waals surface area (Å²) in [5, 5.41) is 13.4. The minimum absolute atomic E-state index is 0. The maximum Gasteiger partial charge on any atom is 0.191 e. The van der Waals surface area contributed by atoms with E-state index >= 15 is 0 Å². The van der Waals surface area contributed by atoms with Crippen LogP contribution in [0, 0.1) is 0 Å². The summed E-state index contributed by atoms with van der Waals surface area (Å²) in [6.07, 6.45) is 0.870. The Labute approximate surface area is 157 Å². The van der Waals surface area contributed by atoms with E-state index in [1.165, 1.54) is 0 Å². The summed E-state index contributed by atoms with van der Waals surface area (Å²) in [4.78, 5) is 10.7. The molecule has 2 aromatic heterocycles. The Morgan fingerprint density at radius 1 is 1.30 bits per heavy atom. The number of aliphatic imine (C=N–C) groups is 1. The Balaban J connectivity index is 0.00000264. The lowest BCUT2D eigenvalue weighted by molar-refractivity contribution is 0.374. The molecule has 0 spiro atoms. The molecule has 2 heterocycles. The van der Waals surface area contributed by atoms with Crippen molar-refractivity contribution in [3.05, 3.63) is 28.6 Å². The van der Waals surface area contributed by atoms with Crippen LogP contribution in [0.25, 0.3) is 0 Å². The van der Waals surface area contributed by atoms with E-state index in [4.69, 9.17) is 4.52 Å². The molecule has 0 saturated heterocycles. The molecular formula is C14H23IN6OS. The lowest BCUT2D eigenvalue weighted by Gasteiger charge is -2.09. The van der Waals surface area contributed by atoms with E-state index < -0.39 is 0 Å². The fourth-order valence-electron chi connectivity index (χ4n) is 1.75. The fourth-order valence-corrected chi connectivity index (χ4v) is 2.51. The third-order valence-corrected chi connectivity index (χ3v) is 4.04. The number of hydrogen-bond acceptors (Lipinski definition) is 6. The molecule has 0 atom stereocenters. The monoisotopic (exact) mass is 450 g/mol. The summed E-state index contributed by atoms with van der Waals surface area (Å²) in [5.74, 6) is 1.50. The van der Waals surface area contributed by atoms with Gasteiger partial charge in [-0.25, -0.2) is 4.98 Å². The van der Waals surface area contributed by atoms with Gasteiger partial charge < -0.3 is 20.1 Å². The second kappa shape index (κ2) is 9.71. The van der Waals surface area contributed by atoms with Crippen molar-refractivity contribution >= 4 is 46.4 Å². The number of rotatable bonds is 6. The van der Waals surface area contributed by atoms with Crippen LogP contribution in [0.2, 0.25) is 0 Å². The van der Waals surface area contributed by atoms with Crippen molar-refractivity contribution in [2.24, 2.45) is 4.99 Å². The topological polar surface area (TPSA) is 78.6 Å². The number of aromatic nitrogens is 2. The van der Waals surface area contributed by atoms with Crippen LogP contribution >= 0.6 is 35.3 Å². The third kappa shape index (κ3) is 5.98. The first-order chi connectivity index (χ1) is 10.6. The minimum Gasteiger partial charge on any atom is -0.359 e. The molecule has 0 fully saturated rings. The Bertz CT molecular complexity index is 624. The lowest BCUT2D eigenvalue weighted by Crippen LogP contribution is -2.36. The maximum atomic E-state index is 5.23. The highest BCUT2D eigenvalue weighted by Crippen LogP contribution is 2.17. The molecule has 0 unspecified atom stereocenters. The number of anilines is 1. The van der Waals surface area contributed by atoms with Crippen LogP contribution in [0.1, 0.15) is 24.1 Å². The van der Waals surface area contributed by atoms with Crippen molar-refractivity contribution in [3.63, 3.8) is 0 Å². The van der Waals surface area contributed by atoms with Crippen LogP contribution in [-0.4, -0.2) is 37.2 Å². The normalized spacial score (nSPS) is 11.0. The largest absolute Gasteiger partial charge is 0.359 e. The van der Waals surface area contributed by atoms with E-state index in [2.05, 4.69) is 25.8 Å². The molecule has 7 nitrogen and oxygen atoms in total. The number of aryl methyl sites for hydroxylation is 1. The summed E-state index contributed by atoms with van der Waals surface area (Å²) < 4.78 is 5.23. The number of guanidine groups is 1. The molecule has 2 rings (SSSR count). The van der Waals surface area contributed by atoms with Gasteiger partial charge >= 0.3 is 0 Å². The standard InChI is InChI=1S/C14H22N6OS.HI/c1-5-10-6-12(21-19-10)8-17-13(15-2)16-7-11-9-22-14(18-11)20(3)4;/h6,9H,5,7-8H2,1-4H3,(H2,15,16,17);1H. The zero-order valence-corrected chi connectivity index (χ0v) is 16.9.